The Balaban J connectivity index is 1.82. The van der Waals surface area contributed by atoms with Crippen LogP contribution < -0.4 is 10.6 Å². The van der Waals surface area contributed by atoms with Crippen molar-refractivity contribution in [3.8, 4) is 0 Å². The lowest BCUT2D eigenvalue weighted by molar-refractivity contribution is -0.134. The fraction of sp³-hybridized carbons (Fsp3) is 0.889. The molecule has 0 spiro atoms. The normalized spacial score (nSPS) is 21.5. The third-order valence-corrected chi connectivity index (χ3v) is 4.53. The van der Waals surface area contributed by atoms with Crippen molar-refractivity contribution >= 4 is 12.0 Å². The Morgan fingerprint density at radius 2 is 1.75 bits per heavy atom. The fourth-order valence-electron chi connectivity index (χ4n) is 2.60. The van der Waals surface area contributed by atoms with E-state index < -0.39 is 23.3 Å². The molecule has 138 valence electrons. The molecule has 0 aliphatic heterocycles. The molecule has 0 heterocycles. The van der Waals surface area contributed by atoms with E-state index >= 15 is 0 Å². The molecular weight excluding hydrogens is 308 g/mol. The Bertz CT molecular complexity index is 466. The van der Waals surface area contributed by atoms with E-state index in [1.807, 2.05) is 27.7 Å². The minimum atomic E-state index is -0.533. The zero-order valence-electron chi connectivity index (χ0n) is 15.6. The van der Waals surface area contributed by atoms with Crippen molar-refractivity contribution in [2.24, 2.45) is 11.8 Å². The van der Waals surface area contributed by atoms with Gasteiger partial charge in [0.2, 0.25) is 5.91 Å². The monoisotopic (exact) mass is 340 g/mol. The molecule has 2 unspecified atom stereocenters. The molecule has 24 heavy (non-hydrogen) atoms. The lowest BCUT2D eigenvalue weighted by atomic mass is 9.95. The number of alkyl carbamates (subject to hydrolysis) is 1. The number of amides is 2. The first-order chi connectivity index (χ1) is 11.1. The summed E-state index contributed by atoms with van der Waals surface area (Å²) in [7, 11) is 0. The Morgan fingerprint density at radius 3 is 2.25 bits per heavy atom. The minimum absolute atomic E-state index is 0.115. The van der Waals surface area contributed by atoms with Crippen molar-refractivity contribution in [2.75, 3.05) is 13.2 Å². The molecule has 2 amide bonds. The first-order valence-corrected chi connectivity index (χ1v) is 8.99. The molecule has 2 aliphatic carbocycles. The van der Waals surface area contributed by atoms with Crippen LogP contribution in [0.3, 0.4) is 0 Å². The van der Waals surface area contributed by atoms with Crippen molar-refractivity contribution in [3.63, 3.8) is 0 Å². The SMILES string of the molecule is CC(OCC1CC1)C(=O)NC(C)(CNC(=O)OC(C)(C)C)C1CC1. The van der Waals surface area contributed by atoms with Gasteiger partial charge in [-0.3, -0.25) is 4.79 Å². The molecule has 0 aromatic rings. The molecule has 2 saturated carbocycles. The zero-order valence-corrected chi connectivity index (χ0v) is 15.6. The second kappa shape index (κ2) is 7.30. The average Bonchev–Trinajstić information content (AvgIpc) is 3.33. The Kier molecular flexibility index (Phi) is 5.78. The van der Waals surface area contributed by atoms with E-state index in [2.05, 4.69) is 10.6 Å². The molecule has 6 heteroatoms. The van der Waals surface area contributed by atoms with Gasteiger partial charge in [0.15, 0.2) is 0 Å². The average molecular weight is 340 g/mol. The molecule has 0 radical (unpaired) electrons. The molecule has 6 nitrogen and oxygen atoms in total. The maximum atomic E-state index is 12.4. The molecule has 2 rings (SSSR count). The molecule has 2 aliphatic rings. The number of rotatable bonds is 8. The highest BCUT2D eigenvalue weighted by atomic mass is 16.6. The Morgan fingerprint density at radius 1 is 1.12 bits per heavy atom. The number of carbonyl (C=O) groups is 2. The molecule has 2 N–H and O–H groups in total. The standard InChI is InChI=1S/C18H32N2O4/c1-12(23-10-13-6-7-13)15(21)20-18(5,14-8-9-14)11-19-16(22)24-17(2,3)4/h12-14H,6-11H2,1-5H3,(H,19,22)(H,20,21). The van der Waals surface area contributed by atoms with Crippen LogP contribution in [0.15, 0.2) is 0 Å². The molecule has 0 aromatic heterocycles. The van der Waals surface area contributed by atoms with Crippen LogP contribution in [0.2, 0.25) is 0 Å². The van der Waals surface area contributed by atoms with Gasteiger partial charge in [-0.25, -0.2) is 4.79 Å². The van der Waals surface area contributed by atoms with Crippen molar-refractivity contribution in [1.82, 2.24) is 10.6 Å². The molecule has 2 atom stereocenters. The molecule has 2 fully saturated rings. The van der Waals surface area contributed by atoms with E-state index in [4.69, 9.17) is 9.47 Å². The van der Waals surface area contributed by atoms with Crippen LogP contribution in [-0.2, 0) is 14.3 Å². The molecule has 0 bridgehead atoms. The summed E-state index contributed by atoms with van der Waals surface area (Å²) in [5.41, 5.74) is -1.00. The first kappa shape index (κ1) is 19.0. The van der Waals surface area contributed by atoms with Crippen molar-refractivity contribution in [1.29, 1.82) is 0 Å². The van der Waals surface area contributed by atoms with Crippen molar-refractivity contribution in [3.05, 3.63) is 0 Å². The Hall–Kier alpha value is -1.30. The molecule has 0 aromatic carbocycles. The van der Waals surface area contributed by atoms with E-state index in [0.29, 0.717) is 25.0 Å². The molecule has 0 saturated heterocycles. The lowest BCUT2D eigenvalue weighted by Crippen LogP contribution is -2.57. The zero-order chi connectivity index (χ0) is 18.0. The van der Waals surface area contributed by atoms with E-state index in [1.165, 1.54) is 12.8 Å². The van der Waals surface area contributed by atoms with Gasteiger partial charge in [0.25, 0.3) is 0 Å². The summed E-state index contributed by atoms with van der Waals surface area (Å²) >= 11 is 0. The maximum Gasteiger partial charge on any atom is 0.407 e. The quantitative estimate of drug-likeness (QED) is 0.712. The van der Waals surface area contributed by atoms with E-state index in [9.17, 15) is 9.59 Å². The van der Waals surface area contributed by atoms with Crippen molar-refractivity contribution in [2.45, 2.75) is 77.5 Å². The highest BCUT2D eigenvalue weighted by Gasteiger charge is 2.43. The van der Waals surface area contributed by atoms with E-state index in [0.717, 1.165) is 12.8 Å². The first-order valence-electron chi connectivity index (χ1n) is 8.99. The largest absolute Gasteiger partial charge is 0.444 e. The predicted molar refractivity (Wildman–Crippen MR) is 91.6 cm³/mol. The summed E-state index contributed by atoms with van der Waals surface area (Å²) < 4.78 is 10.9. The minimum Gasteiger partial charge on any atom is -0.444 e. The summed E-state index contributed by atoms with van der Waals surface area (Å²) in [6.45, 7) is 10.3. The fourth-order valence-corrected chi connectivity index (χ4v) is 2.60. The van der Waals surface area contributed by atoms with Crippen LogP contribution in [0.5, 0.6) is 0 Å². The number of hydrogen-bond acceptors (Lipinski definition) is 4. The van der Waals surface area contributed by atoms with Crippen molar-refractivity contribution < 1.29 is 19.1 Å². The van der Waals surface area contributed by atoms with E-state index in [-0.39, 0.29) is 5.91 Å². The van der Waals surface area contributed by atoms with Crippen LogP contribution in [0.25, 0.3) is 0 Å². The summed E-state index contributed by atoms with van der Waals surface area (Å²) in [5.74, 6) is 0.895. The maximum absolute atomic E-state index is 12.4. The topological polar surface area (TPSA) is 76.7 Å². The summed E-state index contributed by atoms with van der Waals surface area (Å²) in [6.07, 6.45) is 3.60. The van der Waals surface area contributed by atoms with Gasteiger partial charge in [-0.05, 0) is 72.1 Å². The number of ether oxygens (including phenoxy) is 2. The van der Waals surface area contributed by atoms with Gasteiger partial charge in [0.05, 0.1) is 12.1 Å². The van der Waals surface area contributed by atoms with Crippen LogP contribution in [0.1, 0.15) is 60.3 Å². The van der Waals surface area contributed by atoms with Gasteiger partial charge in [0.1, 0.15) is 11.7 Å². The van der Waals surface area contributed by atoms with Gasteiger partial charge in [-0.1, -0.05) is 0 Å². The van der Waals surface area contributed by atoms with Gasteiger partial charge in [-0.15, -0.1) is 0 Å². The second-order valence-electron chi connectivity index (χ2n) is 8.46. The van der Waals surface area contributed by atoms with Crippen LogP contribution >= 0.6 is 0 Å². The highest BCUT2D eigenvalue weighted by molar-refractivity contribution is 5.81. The second-order valence-corrected chi connectivity index (χ2v) is 8.46. The number of nitrogens with one attached hydrogen (secondary N) is 2. The lowest BCUT2D eigenvalue weighted by Gasteiger charge is -2.33. The van der Waals surface area contributed by atoms with Crippen LogP contribution in [0.4, 0.5) is 4.79 Å². The summed E-state index contributed by atoms with van der Waals surface area (Å²) in [5, 5.41) is 5.87. The smallest absolute Gasteiger partial charge is 0.407 e. The number of hydrogen-bond donors (Lipinski definition) is 2. The summed E-state index contributed by atoms with van der Waals surface area (Å²) in [4.78, 5) is 24.3. The summed E-state index contributed by atoms with van der Waals surface area (Å²) in [6, 6.07) is 0. The van der Waals surface area contributed by atoms with Gasteiger partial charge < -0.3 is 20.1 Å². The van der Waals surface area contributed by atoms with E-state index in [1.54, 1.807) is 6.92 Å². The number of carbonyl (C=O) groups excluding carboxylic acids is 2. The van der Waals surface area contributed by atoms with Crippen LogP contribution in [0, 0.1) is 11.8 Å². The van der Waals surface area contributed by atoms with Gasteiger partial charge in [-0.2, -0.15) is 0 Å². The van der Waals surface area contributed by atoms with Gasteiger partial charge >= 0.3 is 6.09 Å². The third-order valence-electron chi connectivity index (χ3n) is 4.53. The van der Waals surface area contributed by atoms with Gasteiger partial charge in [0, 0.05) is 6.54 Å². The molecular formula is C18H32N2O4. The Labute approximate surface area is 145 Å². The third kappa shape index (κ3) is 6.30. The highest BCUT2D eigenvalue weighted by Crippen LogP contribution is 2.39. The predicted octanol–water partition coefficient (Wildman–Crippen LogP) is 2.61. The van der Waals surface area contributed by atoms with Crippen LogP contribution in [-0.4, -0.2) is 42.4 Å².